The first-order chi connectivity index (χ1) is 13.1. The topological polar surface area (TPSA) is 104 Å². The molecule has 0 aliphatic carbocycles. The van der Waals surface area contributed by atoms with E-state index in [0.717, 1.165) is 0 Å². The van der Waals surface area contributed by atoms with Crippen LogP contribution in [0.2, 0.25) is 0 Å². The van der Waals surface area contributed by atoms with Crippen molar-refractivity contribution < 1.29 is 29.3 Å². The number of thioether (sulfide) groups is 1. The Morgan fingerprint density at radius 2 is 2.00 bits per heavy atom. The number of phenolic OH excluding ortho intramolecular Hbond substituents is 1. The van der Waals surface area contributed by atoms with Gasteiger partial charge in [-0.15, -0.1) is 11.8 Å². The van der Waals surface area contributed by atoms with E-state index < -0.39 is 44.3 Å². The summed E-state index contributed by atoms with van der Waals surface area (Å²) in [5.41, 5.74) is 0.166. The number of nitrogens with zero attached hydrogens (tertiary/aromatic N) is 1. The summed E-state index contributed by atoms with van der Waals surface area (Å²) in [6.07, 6.45) is -0.214. The molecule has 0 aromatic heterocycles. The number of aliphatic hydroxyl groups is 1. The molecule has 0 spiro atoms. The molecule has 4 atom stereocenters. The number of ketones is 1. The van der Waals surface area contributed by atoms with Crippen molar-refractivity contribution in [2.24, 2.45) is 0 Å². The summed E-state index contributed by atoms with van der Waals surface area (Å²) < 4.78 is 2.92. The smallest absolute Gasteiger partial charge is 0.330 e. The number of fused-ring (bicyclic) bond motifs is 1. The molecular weight excluding hydrogens is 450 g/mol. The molecule has 2 fully saturated rings. The van der Waals surface area contributed by atoms with E-state index in [0.29, 0.717) is 0 Å². The number of hydrogen-bond donors (Lipinski definition) is 2. The van der Waals surface area contributed by atoms with Crippen LogP contribution >= 0.6 is 27.7 Å². The van der Waals surface area contributed by atoms with Crippen molar-refractivity contribution >= 4 is 45.4 Å². The molecular formula is C19H20BrNO6S. The summed E-state index contributed by atoms with van der Waals surface area (Å²) in [5.74, 6) is -1.77. The van der Waals surface area contributed by atoms with E-state index in [1.54, 1.807) is 0 Å². The van der Waals surface area contributed by atoms with Crippen molar-refractivity contribution in [3.63, 3.8) is 0 Å². The van der Waals surface area contributed by atoms with E-state index in [9.17, 15) is 24.6 Å². The average Bonchev–Trinajstić information content (AvgIpc) is 2.94. The Morgan fingerprint density at radius 1 is 1.39 bits per heavy atom. The Balaban J connectivity index is 1.86. The highest BCUT2D eigenvalue weighted by Crippen LogP contribution is 2.59. The van der Waals surface area contributed by atoms with Crippen LogP contribution in [0, 0.1) is 0 Å². The van der Waals surface area contributed by atoms with Crippen LogP contribution in [0.5, 0.6) is 5.75 Å². The fourth-order valence-electron chi connectivity index (χ4n) is 3.47. The van der Waals surface area contributed by atoms with Crippen molar-refractivity contribution in [3.8, 4) is 5.75 Å². The third kappa shape index (κ3) is 3.05. The van der Waals surface area contributed by atoms with Crippen LogP contribution in [-0.2, 0) is 14.3 Å². The van der Waals surface area contributed by atoms with E-state index in [1.807, 2.05) is 13.8 Å². The first kappa shape index (κ1) is 20.9. The quantitative estimate of drug-likeness (QED) is 0.215. The molecule has 7 nitrogen and oxygen atoms in total. The minimum absolute atomic E-state index is 0.0144. The summed E-state index contributed by atoms with van der Waals surface area (Å²) in [6.45, 7) is 7.15. The van der Waals surface area contributed by atoms with Gasteiger partial charge in [-0.1, -0.05) is 28.6 Å². The maximum absolute atomic E-state index is 13.0. The van der Waals surface area contributed by atoms with Gasteiger partial charge in [0.2, 0.25) is 5.91 Å². The second kappa shape index (κ2) is 7.20. The molecule has 2 saturated heterocycles. The number of carbonyl (C=O) groups is 3. The zero-order chi connectivity index (χ0) is 20.9. The number of aliphatic hydroxyl groups excluding tert-OH is 1. The standard InChI is InChI=1S/C19H20BrNO6S/c1-4-9-27-15(25)13-18(2,3)28-17-19(20,16(26)21(13)17)14(24)12(23)10-5-7-11(22)8-6-10/h4-8,13-14,17,22,24H,1,9H2,2-3H3/t13-,14?,17+,19?/m0/s1. The number of amides is 1. The van der Waals surface area contributed by atoms with Crippen molar-refractivity contribution in [2.75, 3.05) is 6.61 Å². The first-order valence-corrected chi connectivity index (χ1v) is 10.2. The van der Waals surface area contributed by atoms with Gasteiger partial charge in [-0.05, 0) is 38.1 Å². The van der Waals surface area contributed by atoms with E-state index in [4.69, 9.17) is 4.74 Å². The van der Waals surface area contributed by atoms with Gasteiger partial charge < -0.3 is 19.8 Å². The molecule has 2 heterocycles. The van der Waals surface area contributed by atoms with Crippen molar-refractivity contribution in [1.82, 2.24) is 4.90 Å². The number of hydrogen-bond acceptors (Lipinski definition) is 7. The van der Waals surface area contributed by atoms with E-state index in [-0.39, 0.29) is 17.9 Å². The van der Waals surface area contributed by atoms with Crippen LogP contribution in [0.1, 0.15) is 24.2 Å². The zero-order valence-corrected chi connectivity index (χ0v) is 17.7. The van der Waals surface area contributed by atoms with Crippen LogP contribution in [0.3, 0.4) is 0 Å². The van der Waals surface area contributed by atoms with Crippen molar-refractivity contribution in [3.05, 3.63) is 42.5 Å². The lowest BCUT2D eigenvalue weighted by molar-refractivity contribution is -0.166. The van der Waals surface area contributed by atoms with Crippen LogP contribution in [-0.4, -0.2) is 66.0 Å². The fraction of sp³-hybridized carbons (Fsp3) is 0.421. The Hall–Kier alpha value is -1.84. The van der Waals surface area contributed by atoms with Gasteiger partial charge in [0.25, 0.3) is 0 Å². The molecule has 28 heavy (non-hydrogen) atoms. The second-order valence-electron chi connectivity index (χ2n) is 7.19. The molecule has 1 aromatic carbocycles. The van der Waals surface area contributed by atoms with Gasteiger partial charge in [-0.25, -0.2) is 4.79 Å². The minimum Gasteiger partial charge on any atom is -0.508 e. The molecule has 0 radical (unpaired) electrons. The lowest BCUT2D eigenvalue weighted by Gasteiger charge is -2.51. The number of benzene rings is 1. The SMILES string of the molecule is C=CCOC(=O)[C@@H]1N2C(=O)C(Br)(C(O)C(=O)c3ccc(O)cc3)[C@H]2SC1(C)C. The van der Waals surface area contributed by atoms with Crippen LogP contribution in [0.15, 0.2) is 36.9 Å². The normalized spacial score (nSPS) is 28.9. The molecule has 2 aliphatic rings. The predicted molar refractivity (Wildman–Crippen MR) is 107 cm³/mol. The van der Waals surface area contributed by atoms with E-state index in [2.05, 4.69) is 22.5 Å². The molecule has 2 unspecified atom stereocenters. The van der Waals surface area contributed by atoms with Gasteiger partial charge in [0.1, 0.15) is 29.9 Å². The molecule has 3 rings (SSSR count). The summed E-state index contributed by atoms with van der Waals surface area (Å²) in [7, 11) is 0. The van der Waals surface area contributed by atoms with Gasteiger partial charge in [0.15, 0.2) is 10.1 Å². The number of Topliss-reactive ketones (excluding diaryl/α,β-unsaturated/α-hetero) is 1. The summed E-state index contributed by atoms with van der Waals surface area (Å²) >= 11 is 4.62. The van der Waals surface area contributed by atoms with Crippen molar-refractivity contribution in [2.45, 2.75) is 40.4 Å². The van der Waals surface area contributed by atoms with E-state index in [1.165, 1.54) is 47.0 Å². The molecule has 2 aliphatic heterocycles. The lowest BCUT2D eigenvalue weighted by atomic mass is 9.84. The molecule has 9 heteroatoms. The Kier molecular flexibility index (Phi) is 5.37. The number of alkyl halides is 1. The number of halogens is 1. The van der Waals surface area contributed by atoms with Crippen LogP contribution in [0.25, 0.3) is 0 Å². The third-order valence-corrected chi connectivity index (χ3v) is 8.05. The van der Waals surface area contributed by atoms with Gasteiger partial charge in [-0.3, -0.25) is 9.59 Å². The number of esters is 1. The van der Waals surface area contributed by atoms with Gasteiger partial charge >= 0.3 is 5.97 Å². The van der Waals surface area contributed by atoms with Crippen LogP contribution in [0.4, 0.5) is 0 Å². The Bertz CT molecular complexity index is 841. The minimum atomic E-state index is -1.66. The maximum Gasteiger partial charge on any atom is 0.330 e. The van der Waals surface area contributed by atoms with Gasteiger partial charge in [-0.2, -0.15) is 0 Å². The van der Waals surface area contributed by atoms with Crippen molar-refractivity contribution in [1.29, 1.82) is 0 Å². The Labute approximate surface area is 174 Å². The van der Waals surface area contributed by atoms with Gasteiger partial charge in [0.05, 0.1) is 0 Å². The number of phenols is 1. The maximum atomic E-state index is 13.0. The van der Waals surface area contributed by atoms with Gasteiger partial charge in [0, 0.05) is 10.3 Å². The monoisotopic (exact) mass is 469 g/mol. The van der Waals surface area contributed by atoms with Crippen LogP contribution < -0.4 is 0 Å². The molecule has 1 amide bonds. The molecule has 2 N–H and O–H groups in total. The third-order valence-electron chi connectivity index (χ3n) is 4.89. The molecule has 1 aromatic rings. The highest BCUT2D eigenvalue weighted by Gasteiger charge is 2.74. The number of carbonyl (C=O) groups excluding carboxylic acids is 3. The summed E-state index contributed by atoms with van der Waals surface area (Å²) in [5, 5.41) is 19.5. The molecule has 0 bridgehead atoms. The zero-order valence-electron chi connectivity index (χ0n) is 15.3. The highest BCUT2D eigenvalue weighted by atomic mass is 79.9. The molecule has 150 valence electrons. The summed E-state index contributed by atoms with van der Waals surface area (Å²) in [4.78, 5) is 39.5. The molecule has 0 saturated carbocycles. The highest BCUT2D eigenvalue weighted by molar-refractivity contribution is 9.10. The number of β-lactam (4-membered cyclic amide) rings is 1. The first-order valence-electron chi connectivity index (χ1n) is 8.54. The number of aromatic hydroxyl groups is 1. The Morgan fingerprint density at radius 3 is 2.57 bits per heavy atom. The predicted octanol–water partition coefficient (Wildman–Crippen LogP) is 1.86. The average molecular weight is 470 g/mol. The number of rotatable bonds is 6. The summed E-state index contributed by atoms with van der Waals surface area (Å²) in [6, 6.07) is 4.57. The van der Waals surface area contributed by atoms with E-state index >= 15 is 0 Å². The second-order valence-corrected chi connectivity index (χ2v) is 10.2. The number of ether oxygens (including phenoxy) is 1. The fourth-order valence-corrected chi connectivity index (χ4v) is 6.03. The largest absolute Gasteiger partial charge is 0.508 e. The lowest BCUT2D eigenvalue weighted by Crippen LogP contribution is -2.75.